The number of amides is 1. The summed E-state index contributed by atoms with van der Waals surface area (Å²) < 4.78 is 0. The largest absolute Gasteiger partial charge is 0.355 e. The summed E-state index contributed by atoms with van der Waals surface area (Å²) in [6.45, 7) is 8.13. The first kappa shape index (κ1) is 17.7. The second-order valence-corrected chi connectivity index (χ2v) is 7.23. The predicted octanol–water partition coefficient (Wildman–Crippen LogP) is 4.24. The van der Waals surface area contributed by atoms with E-state index in [0.717, 1.165) is 48.8 Å². The minimum absolute atomic E-state index is 0.283. The number of hydrogen-bond acceptors (Lipinski definition) is 4. The minimum Gasteiger partial charge on any atom is -0.355 e. The third-order valence-electron chi connectivity index (χ3n) is 4.65. The number of piperidine rings is 1. The summed E-state index contributed by atoms with van der Waals surface area (Å²) >= 11 is 6.25. The van der Waals surface area contributed by atoms with Gasteiger partial charge in [-0.15, -0.1) is 0 Å². The molecule has 1 saturated heterocycles. The summed E-state index contributed by atoms with van der Waals surface area (Å²) in [6.07, 6.45) is 5.53. The van der Waals surface area contributed by atoms with Crippen molar-refractivity contribution in [1.29, 1.82) is 0 Å². The van der Waals surface area contributed by atoms with Crippen LogP contribution in [0.3, 0.4) is 0 Å². The molecule has 132 valence electrons. The van der Waals surface area contributed by atoms with E-state index in [1.165, 1.54) is 6.20 Å². The molecule has 0 bridgehead atoms. The van der Waals surface area contributed by atoms with E-state index in [4.69, 9.17) is 11.6 Å². The van der Waals surface area contributed by atoms with Gasteiger partial charge in [0.2, 0.25) is 0 Å². The normalized spacial score (nSPS) is 15.3. The SMILES string of the molecule is Cc1cc(C)c(NC(=O)c2cnc(N3CCC(C)CC3)cn2)c(Cl)c1. The van der Waals surface area contributed by atoms with Crippen LogP contribution in [0.25, 0.3) is 0 Å². The quantitative estimate of drug-likeness (QED) is 0.891. The lowest BCUT2D eigenvalue weighted by molar-refractivity contribution is 0.102. The predicted molar refractivity (Wildman–Crippen MR) is 102 cm³/mol. The molecule has 0 atom stereocenters. The number of benzene rings is 1. The molecule has 1 aliphatic heterocycles. The number of anilines is 2. The highest BCUT2D eigenvalue weighted by atomic mass is 35.5. The van der Waals surface area contributed by atoms with Crippen molar-refractivity contribution in [1.82, 2.24) is 9.97 Å². The van der Waals surface area contributed by atoms with E-state index in [2.05, 4.69) is 27.1 Å². The van der Waals surface area contributed by atoms with Crippen LogP contribution in [0.15, 0.2) is 24.5 Å². The number of aryl methyl sites for hydroxylation is 2. The first-order valence-electron chi connectivity index (χ1n) is 8.59. The lowest BCUT2D eigenvalue weighted by Crippen LogP contribution is -2.33. The Morgan fingerprint density at radius 3 is 2.52 bits per heavy atom. The number of nitrogens with zero attached hydrogens (tertiary/aromatic N) is 3. The maximum atomic E-state index is 12.4. The van der Waals surface area contributed by atoms with Crippen LogP contribution >= 0.6 is 11.6 Å². The molecule has 6 heteroatoms. The van der Waals surface area contributed by atoms with Crippen molar-refractivity contribution in [3.8, 4) is 0 Å². The molecule has 5 nitrogen and oxygen atoms in total. The van der Waals surface area contributed by atoms with Gasteiger partial charge in [-0.05, 0) is 49.8 Å². The number of nitrogens with one attached hydrogen (secondary N) is 1. The molecule has 25 heavy (non-hydrogen) atoms. The molecule has 2 aromatic rings. The highest BCUT2D eigenvalue weighted by Crippen LogP contribution is 2.27. The van der Waals surface area contributed by atoms with E-state index in [1.54, 1.807) is 6.20 Å². The van der Waals surface area contributed by atoms with Crippen molar-refractivity contribution < 1.29 is 4.79 Å². The molecule has 2 heterocycles. The van der Waals surface area contributed by atoms with Gasteiger partial charge in [-0.3, -0.25) is 4.79 Å². The molecular weight excluding hydrogens is 336 g/mol. The molecule has 1 aromatic carbocycles. The third kappa shape index (κ3) is 4.10. The van der Waals surface area contributed by atoms with Crippen molar-refractivity contribution in [2.24, 2.45) is 5.92 Å². The van der Waals surface area contributed by atoms with E-state index in [-0.39, 0.29) is 11.6 Å². The third-order valence-corrected chi connectivity index (χ3v) is 4.95. The molecule has 0 spiro atoms. The number of hydrogen-bond donors (Lipinski definition) is 1. The number of carbonyl (C=O) groups is 1. The van der Waals surface area contributed by atoms with Crippen LogP contribution < -0.4 is 10.2 Å². The topological polar surface area (TPSA) is 58.1 Å². The fourth-order valence-electron chi connectivity index (χ4n) is 3.09. The monoisotopic (exact) mass is 358 g/mol. The van der Waals surface area contributed by atoms with Crippen molar-refractivity contribution in [3.05, 3.63) is 46.4 Å². The van der Waals surface area contributed by atoms with Crippen molar-refractivity contribution in [2.75, 3.05) is 23.3 Å². The molecule has 1 aliphatic rings. The van der Waals surface area contributed by atoms with Gasteiger partial charge in [-0.1, -0.05) is 24.6 Å². The lowest BCUT2D eigenvalue weighted by Gasteiger charge is -2.30. The number of halogens is 1. The van der Waals surface area contributed by atoms with Gasteiger partial charge in [0.25, 0.3) is 5.91 Å². The Hall–Kier alpha value is -2.14. The zero-order chi connectivity index (χ0) is 18.0. The highest BCUT2D eigenvalue weighted by molar-refractivity contribution is 6.34. The van der Waals surface area contributed by atoms with Gasteiger partial charge in [0.15, 0.2) is 0 Å². The van der Waals surface area contributed by atoms with Crippen LogP contribution in [0.2, 0.25) is 5.02 Å². The van der Waals surface area contributed by atoms with E-state index in [1.807, 2.05) is 26.0 Å². The Bertz CT molecular complexity index is 744. The van der Waals surface area contributed by atoms with Gasteiger partial charge in [-0.2, -0.15) is 0 Å². The van der Waals surface area contributed by atoms with Gasteiger partial charge >= 0.3 is 0 Å². The Labute approximate surface area is 153 Å². The zero-order valence-electron chi connectivity index (χ0n) is 14.8. The Morgan fingerprint density at radius 1 is 1.20 bits per heavy atom. The highest BCUT2D eigenvalue weighted by Gasteiger charge is 2.18. The second kappa shape index (κ2) is 7.40. The summed E-state index contributed by atoms with van der Waals surface area (Å²) in [6, 6.07) is 3.81. The second-order valence-electron chi connectivity index (χ2n) is 6.82. The summed E-state index contributed by atoms with van der Waals surface area (Å²) in [5.74, 6) is 1.28. The fraction of sp³-hybridized carbons (Fsp3) is 0.421. The van der Waals surface area contributed by atoms with Crippen molar-refractivity contribution in [2.45, 2.75) is 33.6 Å². The Balaban J connectivity index is 1.71. The average molecular weight is 359 g/mol. The first-order chi connectivity index (χ1) is 11.9. The molecule has 1 fully saturated rings. The molecule has 0 aliphatic carbocycles. The van der Waals surface area contributed by atoms with Gasteiger partial charge < -0.3 is 10.2 Å². The molecule has 0 radical (unpaired) electrons. The average Bonchev–Trinajstić information content (AvgIpc) is 2.59. The summed E-state index contributed by atoms with van der Waals surface area (Å²) in [5, 5.41) is 3.37. The van der Waals surface area contributed by atoms with E-state index < -0.39 is 0 Å². The number of aromatic nitrogens is 2. The van der Waals surface area contributed by atoms with E-state index in [0.29, 0.717) is 10.7 Å². The Morgan fingerprint density at radius 2 is 1.92 bits per heavy atom. The molecule has 1 aromatic heterocycles. The first-order valence-corrected chi connectivity index (χ1v) is 8.97. The van der Waals surface area contributed by atoms with Crippen molar-refractivity contribution >= 4 is 29.0 Å². The smallest absolute Gasteiger partial charge is 0.275 e. The zero-order valence-corrected chi connectivity index (χ0v) is 15.6. The standard InChI is InChI=1S/C19H23ClN4O/c1-12-4-6-24(7-5-12)17-11-21-16(10-22-17)19(25)23-18-14(3)8-13(2)9-15(18)20/h8-12H,4-7H2,1-3H3,(H,23,25). The van der Waals surface area contributed by atoms with Gasteiger partial charge in [0.05, 0.1) is 23.1 Å². The van der Waals surface area contributed by atoms with E-state index in [9.17, 15) is 4.79 Å². The van der Waals surface area contributed by atoms with Crippen LogP contribution in [0.5, 0.6) is 0 Å². The van der Waals surface area contributed by atoms with Crippen LogP contribution in [0, 0.1) is 19.8 Å². The lowest BCUT2D eigenvalue weighted by atomic mass is 9.99. The summed E-state index contributed by atoms with van der Waals surface area (Å²) in [4.78, 5) is 23.4. The summed E-state index contributed by atoms with van der Waals surface area (Å²) in [7, 11) is 0. The van der Waals surface area contributed by atoms with Gasteiger partial charge in [0.1, 0.15) is 11.5 Å². The van der Waals surface area contributed by atoms with E-state index >= 15 is 0 Å². The van der Waals surface area contributed by atoms with Crippen LogP contribution in [0.1, 0.15) is 41.4 Å². The molecule has 0 unspecified atom stereocenters. The number of rotatable bonds is 3. The maximum absolute atomic E-state index is 12.4. The van der Waals surface area contributed by atoms with Gasteiger partial charge in [-0.25, -0.2) is 9.97 Å². The van der Waals surface area contributed by atoms with Crippen LogP contribution in [0.4, 0.5) is 11.5 Å². The molecule has 1 amide bonds. The van der Waals surface area contributed by atoms with Crippen molar-refractivity contribution in [3.63, 3.8) is 0 Å². The number of carbonyl (C=O) groups excluding carboxylic acids is 1. The fourth-order valence-corrected chi connectivity index (χ4v) is 3.46. The maximum Gasteiger partial charge on any atom is 0.275 e. The minimum atomic E-state index is -0.305. The van der Waals surface area contributed by atoms with Crippen LogP contribution in [-0.4, -0.2) is 29.0 Å². The molecule has 0 saturated carbocycles. The molecule has 3 rings (SSSR count). The van der Waals surface area contributed by atoms with Gasteiger partial charge in [0, 0.05) is 13.1 Å². The summed E-state index contributed by atoms with van der Waals surface area (Å²) in [5.41, 5.74) is 2.88. The molecular formula is C19H23ClN4O. The Kier molecular flexibility index (Phi) is 5.23. The molecule has 1 N–H and O–H groups in total. The van der Waals surface area contributed by atoms with Crippen LogP contribution in [-0.2, 0) is 0 Å².